The van der Waals surface area contributed by atoms with E-state index in [4.69, 9.17) is 0 Å². The Hall–Kier alpha value is -2.50. The molecule has 20 heavy (non-hydrogen) atoms. The Kier molecular flexibility index (Phi) is 3.40. The van der Waals surface area contributed by atoms with Crippen molar-refractivity contribution in [1.29, 1.82) is 0 Å². The lowest BCUT2D eigenvalue weighted by Crippen LogP contribution is -2.13. The van der Waals surface area contributed by atoms with Gasteiger partial charge in [0.25, 0.3) is 5.91 Å². The van der Waals surface area contributed by atoms with E-state index in [1.165, 1.54) is 18.2 Å². The summed E-state index contributed by atoms with van der Waals surface area (Å²) in [6.07, 6.45) is 0. The lowest BCUT2D eigenvalue weighted by Gasteiger charge is -2.14. The van der Waals surface area contributed by atoms with Crippen molar-refractivity contribution in [2.75, 3.05) is 5.32 Å². The third-order valence-corrected chi connectivity index (χ3v) is 2.88. The van der Waals surface area contributed by atoms with Crippen LogP contribution in [0.25, 0.3) is 0 Å². The summed E-state index contributed by atoms with van der Waals surface area (Å²) in [6.45, 7) is 6.04. The largest absolute Gasteiger partial charge is 0.507 e. The molecule has 0 unspecified atom stereocenters. The number of H-pyrrole nitrogens is 1. The van der Waals surface area contributed by atoms with E-state index >= 15 is 0 Å². The zero-order valence-electron chi connectivity index (χ0n) is 11.6. The average molecular weight is 275 g/mol. The molecule has 0 radical (unpaired) electrons. The number of phenolic OH excluding ortho intramolecular Hbond substituents is 2. The van der Waals surface area contributed by atoms with Crippen molar-refractivity contribution in [3.05, 3.63) is 35.5 Å². The number of nitrogens with zero attached hydrogens (tertiary/aromatic N) is 1. The van der Waals surface area contributed by atoms with Crippen molar-refractivity contribution < 1.29 is 15.0 Å². The van der Waals surface area contributed by atoms with Crippen molar-refractivity contribution in [3.8, 4) is 11.5 Å². The number of aromatic hydroxyl groups is 2. The van der Waals surface area contributed by atoms with Crippen LogP contribution in [0, 0.1) is 0 Å². The van der Waals surface area contributed by atoms with Gasteiger partial charge < -0.3 is 15.5 Å². The normalized spacial score (nSPS) is 11.3. The fourth-order valence-electron chi connectivity index (χ4n) is 1.71. The highest BCUT2D eigenvalue weighted by molar-refractivity contribution is 6.07. The molecular formula is C14H17N3O3. The van der Waals surface area contributed by atoms with Crippen molar-refractivity contribution in [1.82, 2.24) is 10.2 Å². The number of carbonyl (C=O) groups is 1. The summed E-state index contributed by atoms with van der Waals surface area (Å²) in [5.74, 6) is -0.849. The van der Waals surface area contributed by atoms with Crippen LogP contribution in [-0.4, -0.2) is 26.3 Å². The fourth-order valence-corrected chi connectivity index (χ4v) is 1.71. The van der Waals surface area contributed by atoms with Crippen LogP contribution in [0.3, 0.4) is 0 Å². The van der Waals surface area contributed by atoms with Gasteiger partial charge in [0.1, 0.15) is 17.1 Å². The SMILES string of the molecule is CC(C)(C)c1cc(NC(=O)c2c(O)cccc2O)n[nH]1. The third-order valence-electron chi connectivity index (χ3n) is 2.88. The van der Waals surface area contributed by atoms with Gasteiger partial charge in [0.05, 0.1) is 0 Å². The van der Waals surface area contributed by atoms with Crippen LogP contribution in [0.2, 0.25) is 0 Å². The first-order chi connectivity index (χ1) is 9.29. The summed E-state index contributed by atoms with van der Waals surface area (Å²) in [5, 5.41) is 28.6. The first-order valence-corrected chi connectivity index (χ1v) is 6.17. The predicted octanol–water partition coefficient (Wildman–Crippen LogP) is 2.37. The zero-order valence-corrected chi connectivity index (χ0v) is 11.6. The number of carbonyl (C=O) groups excluding carboxylic acids is 1. The molecule has 0 aliphatic carbocycles. The Morgan fingerprint density at radius 1 is 1.25 bits per heavy atom. The molecule has 0 aliphatic heterocycles. The van der Waals surface area contributed by atoms with Crippen LogP contribution in [0.4, 0.5) is 5.82 Å². The van der Waals surface area contributed by atoms with Gasteiger partial charge in [-0.1, -0.05) is 26.8 Å². The number of benzene rings is 1. The topological polar surface area (TPSA) is 98.2 Å². The number of hydrogen-bond acceptors (Lipinski definition) is 4. The number of rotatable bonds is 2. The molecule has 1 aromatic carbocycles. The number of amides is 1. The number of aromatic nitrogens is 2. The van der Waals surface area contributed by atoms with Gasteiger partial charge in [-0.2, -0.15) is 5.10 Å². The van der Waals surface area contributed by atoms with Gasteiger partial charge in [-0.3, -0.25) is 9.89 Å². The van der Waals surface area contributed by atoms with Gasteiger partial charge >= 0.3 is 0 Å². The van der Waals surface area contributed by atoms with Crippen LogP contribution in [0.5, 0.6) is 11.5 Å². The van der Waals surface area contributed by atoms with Crippen molar-refractivity contribution >= 4 is 11.7 Å². The van der Waals surface area contributed by atoms with Gasteiger partial charge in [-0.25, -0.2) is 0 Å². The van der Waals surface area contributed by atoms with E-state index in [9.17, 15) is 15.0 Å². The molecule has 1 aromatic heterocycles. The van der Waals surface area contributed by atoms with E-state index in [0.29, 0.717) is 5.82 Å². The maximum absolute atomic E-state index is 12.0. The Morgan fingerprint density at radius 3 is 2.35 bits per heavy atom. The molecule has 6 heteroatoms. The Morgan fingerprint density at radius 2 is 1.85 bits per heavy atom. The Balaban J connectivity index is 2.22. The summed E-state index contributed by atoms with van der Waals surface area (Å²) < 4.78 is 0. The smallest absolute Gasteiger partial charge is 0.264 e. The molecule has 0 atom stereocenters. The van der Waals surface area contributed by atoms with Gasteiger partial charge in [-0.05, 0) is 12.1 Å². The van der Waals surface area contributed by atoms with Crippen LogP contribution in [0.1, 0.15) is 36.8 Å². The van der Waals surface area contributed by atoms with Crippen molar-refractivity contribution in [2.45, 2.75) is 26.2 Å². The van der Waals surface area contributed by atoms with Crippen molar-refractivity contribution in [2.24, 2.45) is 0 Å². The highest BCUT2D eigenvalue weighted by Crippen LogP contribution is 2.27. The van der Waals surface area contributed by atoms with E-state index in [1.54, 1.807) is 6.07 Å². The molecule has 0 fully saturated rings. The molecule has 2 aromatic rings. The van der Waals surface area contributed by atoms with E-state index in [2.05, 4.69) is 15.5 Å². The second-order valence-corrected chi connectivity index (χ2v) is 5.54. The summed E-state index contributed by atoms with van der Waals surface area (Å²) in [7, 11) is 0. The van der Waals surface area contributed by atoms with Crippen LogP contribution in [-0.2, 0) is 5.41 Å². The molecule has 0 aliphatic rings. The minimum atomic E-state index is -0.618. The molecule has 4 N–H and O–H groups in total. The second kappa shape index (κ2) is 4.88. The number of nitrogens with one attached hydrogen (secondary N) is 2. The molecule has 0 spiro atoms. The quantitative estimate of drug-likeness (QED) is 0.676. The van der Waals surface area contributed by atoms with Gasteiger partial charge in [0.2, 0.25) is 0 Å². The maximum atomic E-state index is 12.0. The molecule has 106 valence electrons. The fraction of sp³-hybridized carbons (Fsp3) is 0.286. The molecule has 1 amide bonds. The van der Waals surface area contributed by atoms with E-state index < -0.39 is 5.91 Å². The van der Waals surface area contributed by atoms with Crippen LogP contribution in [0.15, 0.2) is 24.3 Å². The molecule has 0 saturated carbocycles. The minimum absolute atomic E-state index is 0.118. The zero-order chi connectivity index (χ0) is 14.9. The van der Waals surface area contributed by atoms with E-state index in [-0.39, 0.29) is 22.5 Å². The minimum Gasteiger partial charge on any atom is -0.507 e. The first kappa shape index (κ1) is 13.9. The van der Waals surface area contributed by atoms with E-state index in [0.717, 1.165) is 5.69 Å². The number of phenols is 2. The maximum Gasteiger partial charge on any atom is 0.264 e. The standard InChI is InChI=1S/C14H17N3O3/c1-14(2,3)10-7-11(17-16-10)15-13(20)12-8(18)5-4-6-9(12)19/h4-7,18-19H,1-3H3,(H2,15,16,17,20). The number of hydrogen-bond donors (Lipinski definition) is 4. The predicted molar refractivity (Wildman–Crippen MR) is 75.0 cm³/mol. The Bertz CT molecular complexity index is 621. The number of anilines is 1. The molecule has 0 bridgehead atoms. The number of aromatic amines is 1. The van der Waals surface area contributed by atoms with Crippen LogP contribution >= 0.6 is 0 Å². The summed E-state index contributed by atoms with van der Waals surface area (Å²) in [6, 6.07) is 5.84. The average Bonchev–Trinajstić information content (AvgIpc) is 2.76. The lowest BCUT2D eigenvalue weighted by molar-refractivity contribution is 0.102. The van der Waals surface area contributed by atoms with Gasteiger partial charge in [0.15, 0.2) is 5.82 Å². The molecule has 2 rings (SSSR count). The van der Waals surface area contributed by atoms with Crippen molar-refractivity contribution in [3.63, 3.8) is 0 Å². The van der Waals surface area contributed by atoms with Crippen LogP contribution < -0.4 is 5.32 Å². The third kappa shape index (κ3) is 2.74. The molecule has 0 saturated heterocycles. The summed E-state index contributed by atoms with van der Waals surface area (Å²) >= 11 is 0. The second-order valence-electron chi connectivity index (χ2n) is 5.54. The van der Waals surface area contributed by atoms with Gasteiger partial charge in [-0.15, -0.1) is 0 Å². The highest BCUT2D eigenvalue weighted by Gasteiger charge is 2.20. The van der Waals surface area contributed by atoms with E-state index in [1.807, 2.05) is 20.8 Å². The highest BCUT2D eigenvalue weighted by atomic mass is 16.3. The summed E-state index contributed by atoms with van der Waals surface area (Å²) in [4.78, 5) is 12.0. The lowest BCUT2D eigenvalue weighted by atomic mass is 9.92. The molecular weight excluding hydrogens is 258 g/mol. The Labute approximate surface area is 116 Å². The molecule has 6 nitrogen and oxygen atoms in total. The summed E-state index contributed by atoms with van der Waals surface area (Å²) in [5.41, 5.74) is 0.578. The van der Waals surface area contributed by atoms with Gasteiger partial charge in [0, 0.05) is 17.2 Å². The molecule has 1 heterocycles. The monoisotopic (exact) mass is 275 g/mol. The first-order valence-electron chi connectivity index (χ1n) is 6.17.